The molecular weight excluding hydrogens is 226 g/mol. The molecule has 3 nitrogen and oxygen atoms in total. The summed E-state index contributed by atoms with van der Waals surface area (Å²) in [6, 6.07) is 7.32. The van der Waals surface area contributed by atoms with Crippen LogP contribution < -0.4 is 0 Å². The third-order valence-electron chi connectivity index (χ3n) is 2.94. The van der Waals surface area contributed by atoms with E-state index in [1.165, 1.54) is 0 Å². The largest absolute Gasteiger partial charge is 0.480 e. The Labute approximate surface area is 101 Å². The fraction of sp³-hybridized carbons (Fsp3) is 0.417. The SMILES string of the molecule is CN(C)C(C)(Cc1ccccc1Cl)C(=O)O. The first-order valence-corrected chi connectivity index (χ1v) is 5.40. The lowest BCUT2D eigenvalue weighted by Gasteiger charge is -2.32. The number of benzene rings is 1. The molecule has 88 valence electrons. The van der Waals surface area contributed by atoms with Crippen molar-refractivity contribution in [3.8, 4) is 0 Å². The number of hydrogen-bond donors (Lipinski definition) is 1. The summed E-state index contributed by atoms with van der Waals surface area (Å²) in [7, 11) is 3.51. The summed E-state index contributed by atoms with van der Waals surface area (Å²) >= 11 is 6.03. The van der Waals surface area contributed by atoms with Crippen LogP contribution in [0.2, 0.25) is 5.02 Å². The molecule has 1 aromatic carbocycles. The van der Waals surface area contributed by atoms with Crippen molar-refractivity contribution in [3.63, 3.8) is 0 Å². The van der Waals surface area contributed by atoms with Crippen LogP contribution in [0.15, 0.2) is 24.3 Å². The molecule has 0 saturated heterocycles. The van der Waals surface area contributed by atoms with Gasteiger partial charge in [0.25, 0.3) is 0 Å². The van der Waals surface area contributed by atoms with Crippen molar-refractivity contribution in [2.45, 2.75) is 18.9 Å². The molecule has 1 unspecified atom stereocenters. The monoisotopic (exact) mass is 241 g/mol. The Bertz CT molecular complexity index is 392. The number of halogens is 1. The topological polar surface area (TPSA) is 40.5 Å². The Morgan fingerprint density at radius 2 is 2.00 bits per heavy atom. The van der Waals surface area contributed by atoms with Gasteiger partial charge in [-0.05, 0) is 32.6 Å². The smallest absolute Gasteiger partial charge is 0.324 e. The van der Waals surface area contributed by atoms with E-state index in [4.69, 9.17) is 11.6 Å². The first kappa shape index (κ1) is 13.0. The number of nitrogens with zero attached hydrogens (tertiary/aromatic N) is 1. The highest BCUT2D eigenvalue weighted by molar-refractivity contribution is 6.31. The minimum absolute atomic E-state index is 0.384. The summed E-state index contributed by atoms with van der Waals surface area (Å²) in [5, 5.41) is 9.88. The van der Waals surface area contributed by atoms with Gasteiger partial charge in [-0.15, -0.1) is 0 Å². The van der Waals surface area contributed by atoms with Crippen LogP contribution in [-0.4, -0.2) is 35.6 Å². The minimum atomic E-state index is -0.939. The van der Waals surface area contributed by atoms with E-state index in [1.54, 1.807) is 32.0 Å². The molecule has 0 aromatic heterocycles. The molecule has 16 heavy (non-hydrogen) atoms. The van der Waals surface area contributed by atoms with Gasteiger partial charge in [0.15, 0.2) is 0 Å². The van der Waals surface area contributed by atoms with Crippen LogP contribution in [0.1, 0.15) is 12.5 Å². The van der Waals surface area contributed by atoms with Gasteiger partial charge in [-0.3, -0.25) is 9.69 Å². The molecule has 0 amide bonds. The van der Waals surface area contributed by atoms with Crippen LogP contribution in [0.3, 0.4) is 0 Å². The van der Waals surface area contributed by atoms with E-state index in [2.05, 4.69) is 0 Å². The summed E-state index contributed by atoms with van der Waals surface area (Å²) in [5.41, 5.74) is -0.0897. The van der Waals surface area contributed by atoms with Crippen LogP contribution in [0, 0.1) is 0 Å². The Morgan fingerprint density at radius 1 is 1.44 bits per heavy atom. The van der Waals surface area contributed by atoms with Gasteiger partial charge in [0, 0.05) is 11.4 Å². The Balaban J connectivity index is 3.02. The summed E-state index contributed by atoms with van der Waals surface area (Å²) in [4.78, 5) is 13.0. The van der Waals surface area contributed by atoms with Crippen molar-refractivity contribution in [1.82, 2.24) is 4.90 Å². The molecule has 0 aliphatic heterocycles. The number of carboxylic acid groups (broad SMARTS) is 1. The molecule has 1 atom stereocenters. The number of carbonyl (C=O) groups is 1. The summed E-state index contributed by atoms with van der Waals surface area (Å²) < 4.78 is 0. The van der Waals surface area contributed by atoms with Crippen molar-refractivity contribution in [1.29, 1.82) is 0 Å². The van der Waals surface area contributed by atoms with E-state index in [0.717, 1.165) is 5.56 Å². The van der Waals surface area contributed by atoms with Gasteiger partial charge in [0.05, 0.1) is 0 Å². The highest BCUT2D eigenvalue weighted by Gasteiger charge is 2.36. The van der Waals surface area contributed by atoms with Gasteiger partial charge in [-0.2, -0.15) is 0 Å². The van der Waals surface area contributed by atoms with Crippen molar-refractivity contribution in [2.75, 3.05) is 14.1 Å². The quantitative estimate of drug-likeness (QED) is 0.879. The standard InChI is InChI=1S/C12H16ClNO2/c1-12(11(15)16,14(2)3)8-9-6-4-5-7-10(9)13/h4-7H,8H2,1-3H3,(H,15,16). The highest BCUT2D eigenvalue weighted by atomic mass is 35.5. The van der Waals surface area contributed by atoms with Crippen molar-refractivity contribution in [3.05, 3.63) is 34.9 Å². The average Bonchev–Trinajstić information content (AvgIpc) is 2.20. The highest BCUT2D eigenvalue weighted by Crippen LogP contribution is 2.24. The van der Waals surface area contributed by atoms with E-state index in [1.807, 2.05) is 18.2 Å². The second-order valence-corrected chi connectivity index (χ2v) is 4.65. The van der Waals surface area contributed by atoms with Gasteiger partial charge in [-0.1, -0.05) is 29.8 Å². The number of rotatable bonds is 4. The Morgan fingerprint density at radius 3 is 2.44 bits per heavy atom. The normalized spacial score (nSPS) is 14.8. The van der Waals surface area contributed by atoms with E-state index in [-0.39, 0.29) is 0 Å². The molecule has 4 heteroatoms. The lowest BCUT2D eigenvalue weighted by molar-refractivity contribution is -0.148. The first-order chi connectivity index (χ1) is 7.38. The third-order valence-corrected chi connectivity index (χ3v) is 3.31. The molecular formula is C12H16ClNO2. The molecule has 0 radical (unpaired) electrons. The number of aliphatic carboxylic acids is 1. The maximum Gasteiger partial charge on any atom is 0.324 e. The lowest BCUT2D eigenvalue weighted by atomic mass is 9.92. The van der Waals surface area contributed by atoms with E-state index in [9.17, 15) is 9.90 Å². The Kier molecular flexibility index (Phi) is 3.94. The van der Waals surface area contributed by atoms with Gasteiger partial charge < -0.3 is 5.11 Å². The fourth-order valence-corrected chi connectivity index (χ4v) is 1.64. The molecule has 0 heterocycles. The summed E-state index contributed by atoms with van der Waals surface area (Å²) in [6.45, 7) is 1.69. The van der Waals surface area contributed by atoms with Gasteiger partial charge in [-0.25, -0.2) is 0 Å². The second-order valence-electron chi connectivity index (χ2n) is 4.24. The van der Waals surface area contributed by atoms with Crippen LogP contribution in [0.4, 0.5) is 0 Å². The summed E-state index contributed by atoms with van der Waals surface area (Å²) in [5.74, 6) is -0.850. The Hall–Kier alpha value is -1.06. The second kappa shape index (κ2) is 4.85. The zero-order valence-corrected chi connectivity index (χ0v) is 10.5. The van der Waals surface area contributed by atoms with E-state index < -0.39 is 11.5 Å². The van der Waals surface area contributed by atoms with Gasteiger partial charge in [0.2, 0.25) is 0 Å². The summed E-state index contributed by atoms with van der Waals surface area (Å²) in [6.07, 6.45) is 0.384. The number of carboxylic acids is 1. The molecule has 1 aromatic rings. The maximum absolute atomic E-state index is 11.3. The maximum atomic E-state index is 11.3. The molecule has 0 spiro atoms. The molecule has 0 bridgehead atoms. The predicted molar refractivity (Wildman–Crippen MR) is 64.9 cm³/mol. The van der Waals surface area contributed by atoms with Crippen LogP contribution >= 0.6 is 11.6 Å². The van der Waals surface area contributed by atoms with Crippen LogP contribution in [0.25, 0.3) is 0 Å². The fourth-order valence-electron chi connectivity index (χ4n) is 1.44. The zero-order valence-electron chi connectivity index (χ0n) is 9.70. The van der Waals surface area contributed by atoms with Crippen molar-refractivity contribution in [2.24, 2.45) is 0 Å². The van der Waals surface area contributed by atoms with E-state index >= 15 is 0 Å². The van der Waals surface area contributed by atoms with Crippen molar-refractivity contribution < 1.29 is 9.90 Å². The zero-order chi connectivity index (χ0) is 12.3. The molecule has 0 aliphatic rings. The molecule has 1 rings (SSSR count). The molecule has 0 saturated carbocycles. The van der Waals surface area contributed by atoms with Crippen molar-refractivity contribution >= 4 is 17.6 Å². The number of hydrogen-bond acceptors (Lipinski definition) is 2. The number of likely N-dealkylation sites (N-methyl/N-ethyl adjacent to an activating group) is 1. The van der Waals surface area contributed by atoms with E-state index in [0.29, 0.717) is 11.4 Å². The third kappa shape index (κ3) is 2.54. The van der Waals surface area contributed by atoms with Crippen LogP contribution in [0.5, 0.6) is 0 Å². The van der Waals surface area contributed by atoms with Gasteiger partial charge in [0.1, 0.15) is 5.54 Å². The van der Waals surface area contributed by atoms with Gasteiger partial charge >= 0.3 is 5.97 Å². The molecule has 0 aliphatic carbocycles. The minimum Gasteiger partial charge on any atom is -0.480 e. The predicted octanol–water partition coefficient (Wildman–Crippen LogP) is 2.29. The molecule has 0 fully saturated rings. The van der Waals surface area contributed by atoms with Crippen LogP contribution in [-0.2, 0) is 11.2 Å². The lowest BCUT2D eigenvalue weighted by Crippen LogP contribution is -2.50. The first-order valence-electron chi connectivity index (χ1n) is 5.02. The average molecular weight is 242 g/mol. The molecule has 1 N–H and O–H groups in total.